The number of hydrogen-bond donors (Lipinski definition) is 0. The summed E-state index contributed by atoms with van der Waals surface area (Å²) in [5.41, 5.74) is 0.868. The first-order valence-electron chi connectivity index (χ1n) is 5.77. The van der Waals surface area contributed by atoms with Gasteiger partial charge in [0.1, 0.15) is 5.78 Å². The molecule has 1 unspecified atom stereocenters. The van der Waals surface area contributed by atoms with E-state index in [9.17, 15) is 13.2 Å². The fourth-order valence-electron chi connectivity index (χ4n) is 1.62. The van der Waals surface area contributed by atoms with Crippen molar-refractivity contribution in [3.63, 3.8) is 0 Å². The maximum absolute atomic E-state index is 11.6. The zero-order valence-corrected chi connectivity index (χ0v) is 11.3. The topological polar surface area (TPSA) is 51.2 Å². The Hall–Kier alpha value is -1.16. The van der Waals surface area contributed by atoms with Crippen LogP contribution in [0.2, 0.25) is 0 Å². The molecule has 0 amide bonds. The third-order valence-corrected chi connectivity index (χ3v) is 4.70. The van der Waals surface area contributed by atoms with E-state index in [2.05, 4.69) is 0 Å². The number of sulfone groups is 1. The molecule has 0 spiro atoms. The molecule has 0 aromatic heterocycles. The number of Topliss-reactive ketones (excluding diaryl/α,β-unsaturated/α-hetero) is 1. The van der Waals surface area contributed by atoms with Crippen LogP contribution >= 0.6 is 0 Å². The predicted molar refractivity (Wildman–Crippen MR) is 67.9 cm³/mol. The second kappa shape index (κ2) is 5.45. The Morgan fingerprint density at radius 1 is 1.18 bits per heavy atom. The maximum atomic E-state index is 11.6. The predicted octanol–water partition coefficient (Wildman–Crippen LogP) is 2.56. The first-order chi connectivity index (χ1) is 7.92. The van der Waals surface area contributed by atoms with Crippen molar-refractivity contribution in [1.29, 1.82) is 0 Å². The van der Waals surface area contributed by atoms with Crippen molar-refractivity contribution < 1.29 is 13.2 Å². The molecule has 0 saturated heterocycles. The molecular formula is C13H18O3S. The van der Waals surface area contributed by atoms with E-state index in [0.29, 0.717) is 11.3 Å². The molecule has 1 rings (SSSR count). The first kappa shape index (κ1) is 13.9. The highest BCUT2D eigenvalue weighted by Gasteiger charge is 2.15. The van der Waals surface area contributed by atoms with Gasteiger partial charge in [-0.3, -0.25) is 4.79 Å². The first-order valence-corrected chi connectivity index (χ1v) is 7.43. The molecule has 1 atom stereocenters. The average molecular weight is 254 g/mol. The molecule has 1 aromatic rings. The largest absolute Gasteiger partial charge is 0.299 e. The Bertz CT molecular complexity index is 486. The number of carbonyl (C=O) groups is 1. The van der Waals surface area contributed by atoms with Gasteiger partial charge in [0.05, 0.1) is 10.6 Å². The third-order valence-electron chi connectivity index (χ3n) is 2.95. The molecule has 3 nitrogen and oxygen atoms in total. The van der Waals surface area contributed by atoms with Gasteiger partial charge in [0.15, 0.2) is 9.84 Å². The van der Waals surface area contributed by atoms with Crippen LogP contribution in [-0.2, 0) is 14.6 Å². The second-order valence-corrected chi connectivity index (χ2v) is 6.29. The molecule has 0 radical (unpaired) electrons. The van der Waals surface area contributed by atoms with E-state index in [1.807, 2.05) is 13.8 Å². The van der Waals surface area contributed by atoms with Crippen LogP contribution in [0.4, 0.5) is 0 Å². The normalized spacial score (nSPS) is 13.4. The number of rotatable bonds is 5. The van der Waals surface area contributed by atoms with Crippen LogP contribution in [0.25, 0.3) is 0 Å². The fourth-order valence-corrected chi connectivity index (χ4v) is 2.51. The highest BCUT2D eigenvalue weighted by molar-refractivity contribution is 7.91. The van der Waals surface area contributed by atoms with E-state index in [-0.39, 0.29) is 17.5 Å². The minimum atomic E-state index is -3.15. The SMILES string of the molecule is CCC(=O)C(C)c1ccc(S(=O)(=O)CC)cc1. The van der Waals surface area contributed by atoms with Crippen LogP contribution < -0.4 is 0 Å². The summed E-state index contributed by atoms with van der Waals surface area (Å²) >= 11 is 0. The van der Waals surface area contributed by atoms with Crippen molar-refractivity contribution in [2.24, 2.45) is 0 Å². The third kappa shape index (κ3) is 3.16. The van der Waals surface area contributed by atoms with E-state index in [1.165, 1.54) is 0 Å². The Morgan fingerprint density at radius 3 is 2.12 bits per heavy atom. The number of benzene rings is 1. The quantitative estimate of drug-likeness (QED) is 0.811. The van der Waals surface area contributed by atoms with Crippen LogP contribution in [0.5, 0.6) is 0 Å². The lowest BCUT2D eigenvalue weighted by Gasteiger charge is -2.10. The molecule has 17 heavy (non-hydrogen) atoms. The van der Waals surface area contributed by atoms with Gasteiger partial charge in [-0.1, -0.05) is 32.9 Å². The molecule has 0 bridgehead atoms. The van der Waals surface area contributed by atoms with Crippen LogP contribution in [-0.4, -0.2) is 20.0 Å². The molecule has 0 heterocycles. The summed E-state index contributed by atoms with van der Waals surface area (Å²) in [7, 11) is -3.15. The molecule has 1 aromatic carbocycles. The standard InChI is InChI=1S/C13H18O3S/c1-4-13(14)10(3)11-6-8-12(9-7-11)17(15,16)5-2/h6-10H,4-5H2,1-3H3. The highest BCUT2D eigenvalue weighted by atomic mass is 32.2. The summed E-state index contributed by atoms with van der Waals surface area (Å²) in [5, 5.41) is 0. The van der Waals surface area contributed by atoms with E-state index in [4.69, 9.17) is 0 Å². The lowest BCUT2D eigenvalue weighted by molar-refractivity contribution is -0.119. The van der Waals surface area contributed by atoms with Crippen LogP contribution in [0.15, 0.2) is 29.2 Å². The molecule has 94 valence electrons. The maximum Gasteiger partial charge on any atom is 0.178 e. The minimum absolute atomic E-state index is 0.0930. The molecule has 0 fully saturated rings. The van der Waals surface area contributed by atoms with Gasteiger partial charge in [0.25, 0.3) is 0 Å². The number of ketones is 1. The number of carbonyl (C=O) groups excluding carboxylic acids is 1. The van der Waals surface area contributed by atoms with Crippen molar-refractivity contribution >= 4 is 15.6 Å². The highest BCUT2D eigenvalue weighted by Crippen LogP contribution is 2.20. The lowest BCUT2D eigenvalue weighted by Crippen LogP contribution is -2.08. The van der Waals surface area contributed by atoms with Crippen LogP contribution in [0, 0.1) is 0 Å². The Labute approximate surface area is 103 Å². The van der Waals surface area contributed by atoms with Gasteiger partial charge < -0.3 is 0 Å². The molecule has 0 aliphatic heterocycles. The zero-order chi connectivity index (χ0) is 13.1. The molecule has 4 heteroatoms. The van der Waals surface area contributed by atoms with Crippen molar-refractivity contribution in [2.75, 3.05) is 5.75 Å². The van der Waals surface area contributed by atoms with E-state index in [0.717, 1.165) is 5.56 Å². The summed E-state index contributed by atoms with van der Waals surface area (Å²) < 4.78 is 23.2. The Kier molecular flexibility index (Phi) is 4.46. The van der Waals surface area contributed by atoms with E-state index < -0.39 is 9.84 Å². The Balaban J connectivity index is 3.00. The van der Waals surface area contributed by atoms with Crippen molar-refractivity contribution in [3.05, 3.63) is 29.8 Å². The summed E-state index contributed by atoms with van der Waals surface area (Å²) in [6, 6.07) is 6.60. The molecule has 0 saturated carbocycles. The van der Waals surface area contributed by atoms with Gasteiger partial charge in [-0.25, -0.2) is 8.42 Å². The minimum Gasteiger partial charge on any atom is -0.299 e. The van der Waals surface area contributed by atoms with Crippen LogP contribution in [0.3, 0.4) is 0 Å². The summed E-state index contributed by atoms with van der Waals surface area (Å²) in [4.78, 5) is 11.9. The van der Waals surface area contributed by atoms with Crippen molar-refractivity contribution in [2.45, 2.75) is 38.0 Å². The zero-order valence-electron chi connectivity index (χ0n) is 10.4. The Morgan fingerprint density at radius 2 is 1.71 bits per heavy atom. The summed E-state index contributed by atoms with van der Waals surface area (Å²) in [6.45, 7) is 5.29. The fraction of sp³-hybridized carbons (Fsp3) is 0.462. The average Bonchev–Trinajstić information content (AvgIpc) is 2.37. The van der Waals surface area contributed by atoms with Gasteiger partial charge >= 0.3 is 0 Å². The number of hydrogen-bond acceptors (Lipinski definition) is 3. The van der Waals surface area contributed by atoms with Gasteiger partial charge in [0.2, 0.25) is 0 Å². The summed E-state index contributed by atoms with van der Waals surface area (Å²) in [6.07, 6.45) is 0.496. The van der Waals surface area contributed by atoms with Gasteiger partial charge in [0, 0.05) is 12.3 Å². The van der Waals surface area contributed by atoms with Gasteiger partial charge in [-0.15, -0.1) is 0 Å². The molecular weight excluding hydrogens is 236 g/mol. The van der Waals surface area contributed by atoms with Crippen LogP contribution in [0.1, 0.15) is 38.7 Å². The van der Waals surface area contributed by atoms with E-state index in [1.54, 1.807) is 31.2 Å². The molecule has 0 aliphatic rings. The monoisotopic (exact) mass is 254 g/mol. The van der Waals surface area contributed by atoms with Crippen molar-refractivity contribution in [3.8, 4) is 0 Å². The smallest absolute Gasteiger partial charge is 0.178 e. The van der Waals surface area contributed by atoms with E-state index >= 15 is 0 Å². The molecule has 0 aliphatic carbocycles. The van der Waals surface area contributed by atoms with Gasteiger partial charge in [-0.2, -0.15) is 0 Å². The molecule has 0 N–H and O–H groups in total. The summed E-state index contributed by atoms with van der Waals surface area (Å²) in [5.74, 6) is 0.0879. The lowest BCUT2D eigenvalue weighted by atomic mass is 9.95. The van der Waals surface area contributed by atoms with Gasteiger partial charge in [-0.05, 0) is 17.7 Å². The second-order valence-electron chi connectivity index (χ2n) is 4.01. The van der Waals surface area contributed by atoms with Crippen molar-refractivity contribution in [1.82, 2.24) is 0 Å².